The van der Waals surface area contributed by atoms with Crippen molar-refractivity contribution in [3.63, 3.8) is 0 Å². The fraction of sp³-hybridized carbons (Fsp3) is 0.267. The molecule has 2 N–H and O–H groups in total. The number of halogens is 1. The van der Waals surface area contributed by atoms with Gasteiger partial charge in [0.05, 0.1) is 5.02 Å². The third-order valence-corrected chi connectivity index (χ3v) is 3.40. The monoisotopic (exact) mass is 275 g/mol. The van der Waals surface area contributed by atoms with Crippen molar-refractivity contribution in [3.8, 4) is 0 Å². The molecule has 0 aliphatic carbocycles. The van der Waals surface area contributed by atoms with E-state index in [4.69, 9.17) is 17.3 Å². The minimum atomic E-state index is 0.716. The van der Waals surface area contributed by atoms with E-state index in [0.717, 1.165) is 30.9 Å². The second-order valence-electron chi connectivity index (χ2n) is 4.52. The van der Waals surface area contributed by atoms with Gasteiger partial charge in [-0.05, 0) is 35.9 Å². The van der Waals surface area contributed by atoms with Crippen molar-refractivity contribution < 1.29 is 0 Å². The molecule has 100 valence electrons. The highest BCUT2D eigenvalue weighted by Gasteiger charge is 2.07. The van der Waals surface area contributed by atoms with Gasteiger partial charge >= 0.3 is 0 Å². The molecular formula is C15H18ClN3. The number of benzene rings is 1. The van der Waals surface area contributed by atoms with Crippen molar-refractivity contribution in [1.29, 1.82) is 0 Å². The van der Waals surface area contributed by atoms with E-state index < -0.39 is 0 Å². The number of nitrogens with zero attached hydrogens (tertiary/aromatic N) is 2. The van der Waals surface area contributed by atoms with Crippen LogP contribution in [0.1, 0.15) is 18.1 Å². The summed E-state index contributed by atoms with van der Waals surface area (Å²) in [5.74, 6) is 0. The average Bonchev–Trinajstić information content (AvgIpc) is 2.40. The Bertz CT molecular complexity index is 542. The van der Waals surface area contributed by atoms with Gasteiger partial charge in [0.25, 0.3) is 0 Å². The molecule has 3 nitrogen and oxygen atoms in total. The Hall–Kier alpha value is -1.58. The van der Waals surface area contributed by atoms with E-state index in [0.29, 0.717) is 5.02 Å². The molecule has 2 aromatic rings. The Labute approximate surface area is 119 Å². The Balaban J connectivity index is 2.07. The fourth-order valence-corrected chi connectivity index (χ4v) is 2.18. The summed E-state index contributed by atoms with van der Waals surface area (Å²) in [5, 5.41) is 0.716. The quantitative estimate of drug-likeness (QED) is 0.851. The number of pyridine rings is 1. The molecule has 0 saturated carbocycles. The van der Waals surface area contributed by atoms with Gasteiger partial charge in [-0.2, -0.15) is 0 Å². The lowest BCUT2D eigenvalue weighted by Crippen LogP contribution is -2.22. The van der Waals surface area contributed by atoms with Gasteiger partial charge in [0, 0.05) is 31.2 Å². The molecule has 1 heterocycles. The van der Waals surface area contributed by atoms with Crippen molar-refractivity contribution in [2.24, 2.45) is 0 Å². The summed E-state index contributed by atoms with van der Waals surface area (Å²) in [5.41, 5.74) is 8.92. The second kappa shape index (κ2) is 6.55. The molecule has 1 aromatic carbocycles. The summed E-state index contributed by atoms with van der Waals surface area (Å²) in [7, 11) is 0. The summed E-state index contributed by atoms with van der Waals surface area (Å²) in [4.78, 5) is 6.32. The third kappa shape index (κ3) is 3.94. The fourth-order valence-electron chi connectivity index (χ4n) is 2.00. The lowest BCUT2D eigenvalue weighted by atomic mass is 10.1. The highest BCUT2D eigenvalue weighted by molar-refractivity contribution is 6.31. The Morgan fingerprint density at radius 2 is 2.11 bits per heavy atom. The number of anilines is 1. The lowest BCUT2D eigenvalue weighted by molar-refractivity contribution is 0.271. The summed E-state index contributed by atoms with van der Waals surface area (Å²) in [6.45, 7) is 4.77. The standard InChI is InChI=1S/C15H18ClN3/c1-2-19(10-12-4-3-5-14(17)8-12)11-13-6-7-18-9-15(13)16/h3-9H,2,10-11,17H2,1H3. The molecule has 0 aliphatic heterocycles. The van der Waals surface area contributed by atoms with Gasteiger partial charge in [-0.1, -0.05) is 30.7 Å². The van der Waals surface area contributed by atoms with Crippen LogP contribution in [0.4, 0.5) is 5.69 Å². The van der Waals surface area contributed by atoms with Crippen LogP contribution in [0.3, 0.4) is 0 Å². The largest absolute Gasteiger partial charge is 0.399 e. The first-order valence-corrected chi connectivity index (χ1v) is 6.72. The Kier molecular flexibility index (Phi) is 4.77. The van der Waals surface area contributed by atoms with Gasteiger partial charge in [-0.15, -0.1) is 0 Å². The first kappa shape index (κ1) is 13.8. The van der Waals surface area contributed by atoms with Crippen LogP contribution in [-0.2, 0) is 13.1 Å². The van der Waals surface area contributed by atoms with E-state index in [2.05, 4.69) is 22.9 Å². The van der Waals surface area contributed by atoms with Crippen LogP contribution < -0.4 is 5.73 Å². The number of hydrogen-bond acceptors (Lipinski definition) is 3. The zero-order valence-corrected chi connectivity index (χ0v) is 11.8. The van der Waals surface area contributed by atoms with Crippen molar-refractivity contribution in [2.45, 2.75) is 20.0 Å². The Morgan fingerprint density at radius 3 is 2.79 bits per heavy atom. The smallest absolute Gasteiger partial charge is 0.0634 e. The zero-order valence-electron chi connectivity index (χ0n) is 11.0. The number of nitrogen functional groups attached to an aromatic ring is 1. The van der Waals surface area contributed by atoms with Gasteiger partial charge in [0.2, 0.25) is 0 Å². The normalized spacial score (nSPS) is 10.9. The topological polar surface area (TPSA) is 42.1 Å². The molecule has 1 aromatic heterocycles. The van der Waals surface area contributed by atoms with E-state index in [1.165, 1.54) is 5.56 Å². The summed E-state index contributed by atoms with van der Waals surface area (Å²) in [6.07, 6.45) is 3.46. The van der Waals surface area contributed by atoms with Crippen LogP contribution in [0.25, 0.3) is 0 Å². The van der Waals surface area contributed by atoms with E-state index in [-0.39, 0.29) is 0 Å². The maximum absolute atomic E-state index is 6.14. The van der Waals surface area contributed by atoms with E-state index in [9.17, 15) is 0 Å². The van der Waals surface area contributed by atoms with Crippen molar-refractivity contribution in [3.05, 3.63) is 58.9 Å². The van der Waals surface area contributed by atoms with Crippen LogP contribution in [0, 0.1) is 0 Å². The first-order valence-electron chi connectivity index (χ1n) is 6.34. The zero-order chi connectivity index (χ0) is 13.7. The van der Waals surface area contributed by atoms with E-state index >= 15 is 0 Å². The van der Waals surface area contributed by atoms with Gasteiger partial charge in [-0.25, -0.2) is 0 Å². The van der Waals surface area contributed by atoms with Crippen LogP contribution in [0.5, 0.6) is 0 Å². The predicted molar refractivity (Wildman–Crippen MR) is 79.9 cm³/mol. The molecule has 0 aliphatic rings. The molecular weight excluding hydrogens is 258 g/mol. The molecule has 0 saturated heterocycles. The lowest BCUT2D eigenvalue weighted by Gasteiger charge is -2.21. The van der Waals surface area contributed by atoms with Gasteiger partial charge in [0.1, 0.15) is 0 Å². The van der Waals surface area contributed by atoms with Crippen LogP contribution >= 0.6 is 11.6 Å². The van der Waals surface area contributed by atoms with E-state index in [1.54, 1.807) is 12.4 Å². The molecule has 0 amide bonds. The molecule has 19 heavy (non-hydrogen) atoms. The third-order valence-electron chi connectivity index (χ3n) is 3.05. The van der Waals surface area contributed by atoms with E-state index in [1.807, 2.05) is 24.3 Å². The molecule has 0 atom stereocenters. The molecule has 0 spiro atoms. The van der Waals surface area contributed by atoms with Crippen molar-refractivity contribution in [2.75, 3.05) is 12.3 Å². The van der Waals surface area contributed by atoms with Crippen LogP contribution in [0.15, 0.2) is 42.7 Å². The molecule has 2 rings (SSSR count). The summed E-state index contributed by atoms with van der Waals surface area (Å²) in [6, 6.07) is 9.95. The predicted octanol–water partition coefficient (Wildman–Crippen LogP) is 3.34. The minimum absolute atomic E-state index is 0.716. The maximum atomic E-state index is 6.14. The van der Waals surface area contributed by atoms with Gasteiger partial charge in [0.15, 0.2) is 0 Å². The summed E-state index contributed by atoms with van der Waals surface area (Å²) >= 11 is 6.14. The van der Waals surface area contributed by atoms with Crippen molar-refractivity contribution in [1.82, 2.24) is 9.88 Å². The van der Waals surface area contributed by atoms with Gasteiger partial charge in [-0.3, -0.25) is 9.88 Å². The highest BCUT2D eigenvalue weighted by atomic mass is 35.5. The molecule has 0 radical (unpaired) electrons. The SMILES string of the molecule is CCN(Cc1cccc(N)c1)Cc1ccncc1Cl. The minimum Gasteiger partial charge on any atom is -0.399 e. The molecule has 0 fully saturated rings. The van der Waals surface area contributed by atoms with Gasteiger partial charge < -0.3 is 5.73 Å². The maximum Gasteiger partial charge on any atom is 0.0634 e. The highest BCUT2D eigenvalue weighted by Crippen LogP contribution is 2.17. The van der Waals surface area contributed by atoms with Crippen LogP contribution in [-0.4, -0.2) is 16.4 Å². The number of aromatic nitrogens is 1. The van der Waals surface area contributed by atoms with Crippen molar-refractivity contribution >= 4 is 17.3 Å². The first-order chi connectivity index (χ1) is 9.19. The van der Waals surface area contributed by atoms with Crippen LogP contribution in [0.2, 0.25) is 5.02 Å². The average molecular weight is 276 g/mol. The Morgan fingerprint density at radius 1 is 1.26 bits per heavy atom. The molecule has 0 bridgehead atoms. The summed E-state index contributed by atoms with van der Waals surface area (Å²) < 4.78 is 0. The number of nitrogens with two attached hydrogens (primary N) is 1. The number of hydrogen-bond donors (Lipinski definition) is 1. The second-order valence-corrected chi connectivity index (χ2v) is 4.92. The molecule has 0 unspecified atom stereocenters. The molecule has 4 heteroatoms. The number of rotatable bonds is 5.